The van der Waals surface area contributed by atoms with Crippen LogP contribution in [0.25, 0.3) is 0 Å². The maximum Gasteiger partial charge on any atom is 0.220 e. The SMILES string of the molecule is CCCCCCCCCC(=O)NCC1(C)CC(NC(=O)CCCCCCCCC)CC(C)(C)C1. The van der Waals surface area contributed by atoms with Crippen molar-refractivity contribution in [2.45, 2.75) is 163 Å². The molecule has 0 aromatic rings. The Labute approximate surface area is 212 Å². The molecule has 0 aliphatic heterocycles. The van der Waals surface area contributed by atoms with Crippen LogP contribution in [0.4, 0.5) is 0 Å². The third kappa shape index (κ3) is 15.0. The van der Waals surface area contributed by atoms with Crippen molar-refractivity contribution in [3.63, 3.8) is 0 Å². The molecule has 0 bridgehead atoms. The van der Waals surface area contributed by atoms with Gasteiger partial charge in [0.1, 0.15) is 0 Å². The van der Waals surface area contributed by atoms with Gasteiger partial charge in [-0.2, -0.15) is 0 Å². The number of nitrogens with one attached hydrogen (secondary N) is 2. The van der Waals surface area contributed by atoms with Gasteiger partial charge in [0.25, 0.3) is 0 Å². The molecule has 2 N–H and O–H groups in total. The fraction of sp³-hybridized carbons (Fsp3) is 0.933. The lowest BCUT2D eigenvalue weighted by molar-refractivity contribution is -0.124. The van der Waals surface area contributed by atoms with Crippen LogP contribution in [-0.4, -0.2) is 24.4 Å². The average Bonchev–Trinajstić information content (AvgIpc) is 2.75. The first-order valence-electron chi connectivity index (χ1n) is 14.8. The predicted octanol–water partition coefficient (Wildman–Crippen LogP) is 8.09. The zero-order valence-corrected chi connectivity index (χ0v) is 23.5. The third-order valence-electron chi connectivity index (χ3n) is 7.54. The van der Waals surface area contributed by atoms with Gasteiger partial charge in [-0.1, -0.05) is 112 Å². The van der Waals surface area contributed by atoms with Crippen molar-refractivity contribution in [1.29, 1.82) is 0 Å². The van der Waals surface area contributed by atoms with E-state index in [1.54, 1.807) is 0 Å². The summed E-state index contributed by atoms with van der Waals surface area (Å²) >= 11 is 0. The zero-order valence-electron chi connectivity index (χ0n) is 23.5. The summed E-state index contributed by atoms with van der Waals surface area (Å²) in [7, 11) is 0. The Balaban J connectivity index is 2.32. The molecule has 34 heavy (non-hydrogen) atoms. The molecule has 1 fully saturated rings. The van der Waals surface area contributed by atoms with E-state index in [2.05, 4.69) is 45.3 Å². The molecule has 1 aliphatic carbocycles. The fourth-order valence-electron chi connectivity index (χ4n) is 6.06. The molecule has 0 aromatic carbocycles. The minimum Gasteiger partial charge on any atom is -0.356 e. The van der Waals surface area contributed by atoms with Crippen LogP contribution in [-0.2, 0) is 9.59 Å². The summed E-state index contributed by atoms with van der Waals surface area (Å²) in [5, 5.41) is 6.57. The van der Waals surface area contributed by atoms with Gasteiger partial charge in [0, 0.05) is 25.4 Å². The highest BCUT2D eigenvalue weighted by Gasteiger charge is 2.41. The van der Waals surface area contributed by atoms with Crippen molar-refractivity contribution in [2.24, 2.45) is 10.8 Å². The highest BCUT2D eigenvalue weighted by atomic mass is 16.2. The summed E-state index contributed by atoms with van der Waals surface area (Å²) in [6, 6.07) is 0.214. The maximum absolute atomic E-state index is 12.6. The zero-order chi connectivity index (χ0) is 25.3. The third-order valence-corrected chi connectivity index (χ3v) is 7.54. The van der Waals surface area contributed by atoms with Crippen molar-refractivity contribution in [1.82, 2.24) is 10.6 Å². The molecule has 200 valence electrons. The van der Waals surface area contributed by atoms with Gasteiger partial charge < -0.3 is 10.6 Å². The Kier molecular flexibility index (Phi) is 15.8. The molecular weight excluding hydrogens is 420 g/mol. The number of rotatable bonds is 19. The van der Waals surface area contributed by atoms with Gasteiger partial charge in [0.05, 0.1) is 0 Å². The minimum atomic E-state index is 0.0365. The molecule has 0 radical (unpaired) electrons. The van der Waals surface area contributed by atoms with Crippen molar-refractivity contribution >= 4 is 11.8 Å². The smallest absolute Gasteiger partial charge is 0.220 e. The lowest BCUT2D eigenvalue weighted by atomic mass is 9.62. The lowest BCUT2D eigenvalue weighted by Crippen LogP contribution is -2.50. The first-order valence-corrected chi connectivity index (χ1v) is 14.8. The van der Waals surface area contributed by atoms with Crippen LogP contribution in [0, 0.1) is 10.8 Å². The Morgan fingerprint density at radius 2 is 1.15 bits per heavy atom. The van der Waals surface area contributed by atoms with E-state index in [1.165, 1.54) is 64.2 Å². The first kappa shape index (κ1) is 31.0. The van der Waals surface area contributed by atoms with Crippen LogP contribution < -0.4 is 10.6 Å². The largest absolute Gasteiger partial charge is 0.356 e. The molecule has 2 atom stereocenters. The van der Waals surface area contributed by atoms with E-state index in [1.807, 2.05) is 0 Å². The molecule has 0 aromatic heterocycles. The maximum atomic E-state index is 12.6. The average molecular weight is 479 g/mol. The molecule has 4 heteroatoms. The van der Waals surface area contributed by atoms with E-state index < -0.39 is 0 Å². The normalized spacial score (nSPS) is 21.9. The van der Waals surface area contributed by atoms with Crippen molar-refractivity contribution in [3.8, 4) is 0 Å². The van der Waals surface area contributed by atoms with Gasteiger partial charge in [-0.25, -0.2) is 0 Å². The summed E-state index contributed by atoms with van der Waals surface area (Å²) in [4.78, 5) is 25.0. The number of amides is 2. The quantitative estimate of drug-likeness (QED) is 0.184. The van der Waals surface area contributed by atoms with Crippen LogP contribution in [0.2, 0.25) is 0 Å². The van der Waals surface area contributed by atoms with E-state index in [4.69, 9.17) is 0 Å². The molecule has 2 amide bonds. The number of hydrogen-bond donors (Lipinski definition) is 2. The Hall–Kier alpha value is -1.06. The molecular formula is C30H58N2O2. The number of hydrogen-bond acceptors (Lipinski definition) is 2. The van der Waals surface area contributed by atoms with Gasteiger partial charge in [0.2, 0.25) is 11.8 Å². The molecule has 1 rings (SSSR count). The highest BCUT2D eigenvalue weighted by Crippen LogP contribution is 2.45. The van der Waals surface area contributed by atoms with Crippen LogP contribution in [0.15, 0.2) is 0 Å². The first-order chi connectivity index (χ1) is 16.2. The van der Waals surface area contributed by atoms with E-state index in [0.717, 1.165) is 51.5 Å². The van der Waals surface area contributed by atoms with Crippen LogP contribution in [0.3, 0.4) is 0 Å². The Morgan fingerprint density at radius 1 is 0.676 bits per heavy atom. The second-order valence-corrected chi connectivity index (χ2v) is 12.3. The van der Waals surface area contributed by atoms with Gasteiger partial charge in [0.15, 0.2) is 0 Å². The summed E-state index contributed by atoms with van der Waals surface area (Å²) in [5.41, 5.74) is 0.211. The van der Waals surface area contributed by atoms with E-state index in [-0.39, 0.29) is 28.7 Å². The number of carbonyl (C=O) groups is 2. The Morgan fingerprint density at radius 3 is 1.68 bits per heavy atom. The van der Waals surface area contributed by atoms with Crippen LogP contribution in [0.5, 0.6) is 0 Å². The van der Waals surface area contributed by atoms with Crippen molar-refractivity contribution in [2.75, 3.05) is 6.54 Å². The summed E-state index contributed by atoms with van der Waals surface area (Å²) in [5.74, 6) is 0.402. The lowest BCUT2D eigenvalue weighted by Gasteiger charge is -2.47. The predicted molar refractivity (Wildman–Crippen MR) is 146 cm³/mol. The highest BCUT2D eigenvalue weighted by molar-refractivity contribution is 5.76. The fourth-order valence-corrected chi connectivity index (χ4v) is 6.06. The minimum absolute atomic E-state index is 0.0365. The van der Waals surface area contributed by atoms with E-state index in [9.17, 15) is 9.59 Å². The second-order valence-electron chi connectivity index (χ2n) is 12.3. The van der Waals surface area contributed by atoms with Crippen molar-refractivity contribution in [3.05, 3.63) is 0 Å². The van der Waals surface area contributed by atoms with Gasteiger partial charge in [-0.3, -0.25) is 9.59 Å². The molecule has 0 spiro atoms. The van der Waals surface area contributed by atoms with E-state index in [0.29, 0.717) is 12.8 Å². The molecule has 0 saturated heterocycles. The molecule has 2 unspecified atom stereocenters. The van der Waals surface area contributed by atoms with Crippen molar-refractivity contribution < 1.29 is 9.59 Å². The van der Waals surface area contributed by atoms with Crippen LogP contribution >= 0.6 is 0 Å². The van der Waals surface area contributed by atoms with Crippen LogP contribution in [0.1, 0.15) is 157 Å². The molecule has 4 nitrogen and oxygen atoms in total. The standard InChI is InChI=1S/C30H58N2O2/c1-6-8-10-12-14-16-18-20-27(33)31-25-30(5)23-26(22-29(3,4)24-30)32-28(34)21-19-17-15-13-11-9-7-2/h26H,6-25H2,1-5H3,(H,31,33)(H,32,34). The molecule has 0 heterocycles. The van der Waals surface area contributed by atoms with E-state index >= 15 is 0 Å². The summed E-state index contributed by atoms with van der Waals surface area (Å²) in [6.07, 6.45) is 21.7. The second kappa shape index (κ2) is 17.4. The molecule has 1 aliphatic rings. The topological polar surface area (TPSA) is 58.2 Å². The number of carbonyl (C=O) groups excluding carboxylic acids is 2. The number of unbranched alkanes of at least 4 members (excludes halogenated alkanes) is 12. The van der Waals surface area contributed by atoms with Gasteiger partial charge in [-0.15, -0.1) is 0 Å². The summed E-state index contributed by atoms with van der Waals surface area (Å²) in [6.45, 7) is 12.1. The van der Waals surface area contributed by atoms with Gasteiger partial charge >= 0.3 is 0 Å². The van der Waals surface area contributed by atoms with Gasteiger partial charge in [-0.05, 0) is 42.9 Å². The monoisotopic (exact) mass is 478 g/mol. The Bertz CT molecular complexity index is 560. The summed E-state index contributed by atoms with van der Waals surface area (Å²) < 4.78 is 0. The molecule has 1 saturated carbocycles.